The van der Waals surface area contributed by atoms with Crippen molar-refractivity contribution in [3.63, 3.8) is 0 Å². The molecule has 0 saturated carbocycles. The number of benzene rings is 1. The largest absolute Gasteiger partial charge is 0.480 e. The maximum Gasteiger partial charge on any atom is 0.322 e. The Morgan fingerprint density at radius 3 is 1.77 bits per heavy atom. The van der Waals surface area contributed by atoms with Gasteiger partial charge in [0, 0.05) is 11.1 Å². The van der Waals surface area contributed by atoms with Crippen LogP contribution in [0, 0.1) is 5.92 Å². The van der Waals surface area contributed by atoms with Crippen molar-refractivity contribution in [1.82, 2.24) is 0 Å². The van der Waals surface area contributed by atoms with Gasteiger partial charge in [0.15, 0.2) is 23.3 Å². The Bertz CT molecular complexity index is 856. The van der Waals surface area contributed by atoms with Crippen molar-refractivity contribution in [3.8, 4) is 0 Å². The first-order valence-corrected chi connectivity index (χ1v) is 6.14. The van der Waals surface area contributed by atoms with Crippen molar-refractivity contribution >= 4 is 34.9 Å². The van der Waals surface area contributed by atoms with E-state index in [-0.39, 0.29) is 11.1 Å². The number of carbonyl (C=O) groups excluding carboxylic acids is 5. The minimum absolute atomic E-state index is 0.0889. The molecule has 3 rings (SSSR count). The number of rotatable bonds is 1. The van der Waals surface area contributed by atoms with Crippen molar-refractivity contribution in [1.29, 1.82) is 0 Å². The summed E-state index contributed by atoms with van der Waals surface area (Å²) in [6.07, 6.45) is 0. The zero-order valence-corrected chi connectivity index (χ0v) is 10.8. The second-order valence-electron chi connectivity index (χ2n) is 4.78. The number of fused-ring (bicyclic) bond motifs is 1. The molecule has 108 valence electrons. The summed E-state index contributed by atoms with van der Waals surface area (Å²) in [6, 6.07) is 5.52. The molecule has 0 saturated heterocycles. The first kappa shape index (κ1) is 13.7. The maximum atomic E-state index is 12.3. The number of hydrogen-bond donors (Lipinski definition) is 1. The van der Waals surface area contributed by atoms with E-state index in [0.29, 0.717) is 0 Å². The van der Waals surface area contributed by atoms with Gasteiger partial charge in [0.2, 0.25) is 11.6 Å². The summed E-state index contributed by atoms with van der Waals surface area (Å²) in [6.45, 7) is 0. The number of hydrogen-bond acceptors (Lipinski definition) is 6. The highest BCUT2D eigenvalue weighted by Crippen LogP contribution is 2.32. The van der Waals surface area contributed by atoms with E-state index in [1.54, 1.807) is 0 Å². The number of aliphatic carboxylic acids is 1. The molecule has 0 amide bonds. The molecule has 7 nitrogen and oxygen atoms in total. The average molecular weight is 298 g/mol. The van der Waals surface area contributed by atoms with Crippen LogP contribution in [0.2, 0.25) is 0 Å². The lowest BCUT2D eigenvalue weighted by Gasteiger charge is -2.24. The highest BCUT2D eigenvalue weighted by atomic mass is 16.4. The second-order valence-corrected chi connectivity index (χ2v) is 4.78. The smallest absolute Gasteiger partial charge is 0.322 e. The van der Waals surface area contributed by atoms with E-state index in [0.717, 1.165) is 0 Å². The minimum atomic E-state index is -2.27. The Labute approximate surface area is 122 Å². The Morgan fingerprint density at radius 1 is 0.773 bits per heavy atom. The van der Waals surface area contributed by atoms with Gasteiger partial charge in [-0.15, -0.1) is 0 Å². The summed E-state index contributed by atoms with van der Waals surface area (Å²) < 4.78 is 0. The molecule has 0 heterocycles. The molecule has 1 N–H and O–H groups in total. The van der Waals surface area contributed by atoms with Gasteiger partial charge in [-0.25, -0.2) is 0 Å². The molecule has 0 aliphatic heterocycles. The molecule has 2 aliphatic carbocycles. The van der Waals surface area contributed by atoms with Crippen molar-refractivity contribution in [2.75, 3.05) is 0 Å². The SMILES string of the molecule is O=C1C(=O)C(C(=O)O)C(=O)C2=C1C(=O)c1ccccc1C2=O. The molecule has 1 unspecified atom stereocenters. The number of Topliss-reactive ketones (excluding diaryl/α,β-unsaturated/α-hetero) is 5. The Kier molecular flexibility index (Phi) is 2.74. The molecule has 1 aromatic carbocycles. The standard InChI is InChI=1S/C15H6O7/c16-10-5-3-1-2-4-6(5)11(17)8-7(10)12(18)9(15(21)22)14(20)13(8)19/h1-4,9H,(H,21,22). The molecule has 0 fully saturated rings. The quantitative estimate of drug-likeness (QED) is 0.432. The van der Waals surface area contributed by atoms with E-state index < -0.39 is 51.9 Å². The second kappa shape index (κ2) is 4.39. The summed E-state index contributed by atoms with van der Waals surface area (Å²) in [5, 5.41) is 8.92. The number of allylic oxidation sites excluding steroid dienone is 2. The fraction of sp³-hybridized carbons (Fsp3) is 0.0667. The van der Waals surface area contributed by atoms with E-state index in [1.165, 1.54) is 24.3 Å². The number of carbonyl (C=O) groups is 6. The monoisotopic (exact) mass is 298 g/mol. The number of carboxylic acid groups (broad SMARTS) is 1. The van der Waals surface area contributed by atoms with E-state index >= 15 is 0 Å². The molecule has 0 aromatic heterocycles. The lowest BCUT2D eigenvalue weighted by atomic mass is 9.72. The summed E-state index contributed by atoms with van der Waals surface area (Å²) in [5.41, 5.74) is -1.81. The Balaban J connectivity index is 2.31. The Hall–Kier alpha value is -3.22. The molecule has 1 atom stereocenters. The fourth-order valence-electron chi connectivity index (χ4n) is 2.57. The first-order valence-electron chi connectivity index (χ1n) is 6.14. The predicted molar refractivity (Wildman–Crippen MR) is 68.3 cm³/mol. The highest BCUT2D eigenvalue weighted by Gasteiger charge is 2.52. The zero-order valence-electron chi connectivity index (χ0n) is 10.8. The zero-order chi connectivity index (χ0) is 16.2. The van der Waals surface area contributed by atoms with Crippen LogP contribution in [0.5, 0.6) is 0 Å². The van der Waals surface area contributed by atoms with Gasteiger partial charge in [-0.2, -0.15) is 0 Å². The summed E-state index contributed by atoms with van der Waals surface area (Å²) in [4.78, 5) is 71.5. The van der Waals surface area contributed by atoms with E-state index in [9.17, 15) is 28.8 Å². The summed E-state index contributed by atoms with van der Waals surface area (Å²) in [7, 11) is 0. The van der Waals surface area contributed by atoms with Gasteiger partial charge in [0.05, 0.1) is 11.1 Å². The van der Waals surface area contributed by atoms with Gasteiger partial charge in [-0.3, -0.25) is 28.8 Å². The van der Waals surface area contributed by atoms with Crippen LogP contribution in [-0.4, -0.2) is 40.0 Å². The first-order chi connectivity index (χ1) is 10.4. The van der Waals surface area contributed by atoms with E-state index in [1.807, 2.05) is 0 Å². The van der Waals surface area contributed by atoms with E-state index in [4.69, 9.17) is 5.11 Å². The summed E-state index contributed by atoms with van der Waals surface area (Å²) in [5.74, 6) is -10.2. The lowest BCUT2D eigenvalue weighted by molar-refractivity contribution is -0.153. The van der Waals surface area contributed by atoms with Gasteiger partial charge in [0.25, 0.3) is 0 Å². The van der Waals surface area contributed by atoms with Crippen LogP contribution >= 0.6 is 0 Å². The molecular formula is C15H6O7. The highest BCUT2D eigenvalue weighted by molar-refractivity contribution is 6.63. The molecule has 1 aromatic rings. The van der Waals surface area contributed by atoms with Crippen molar-refractivity contribution < 1.29 is 33.9 Å². The van der Waals surface area contributed by atoms with Crippen LogP contribution in [0.3, 0.4) is 0 Å². The molecule has 0 spiro atoms. The minimum Gasteiger partial charge on any atom is -0.480 e. The van der Waals surface area contributed by atoms with Gasteiger partial charge >= 0.3 is 5.97 Å². The van der Waals surface area contributed by atoms with Crippen LogP contribution in [0.1, 0.15) is 20.7 Å². The number of carboxylic acids is 1. The third-order valence-corrected chi connectivity index (χ3v) is 3.59. The van der Waals surface area contributed by atoms with Gasteiger partial charge in [0.1, 0.15) is 0 Å². The summed E-state index contributed by atoms with van der Waals surface area (Å²) >= 11 is 0. The van der Waals surface area contributed by atoms with E-state index in [2.05, 4.69) is 0 Å². The molecule has 7 heteroatoms. The van der Waals surface area contributed by atoms with Crippen molar-refractivity contribution in [2.45, 2.75) is 0 Å². The van der Waals surface area contributed by atoms with Crippen LogP contribution in [-0.2, 0) is 19.2 Å². The molecule has 22 heavy (non-hydrogen) atoms. The third-order valence-electron chi connectivity index (χ3n) is 3.59. The lowest BCUT2D eigenvalue weighted by Crippen LogP contribution is -2.47. The van der Waals surface area contributed by atoms with Gasteiger partial charge in [-0.05, 0) is 0 Å². The molecule has 0 bridgehead atoms. The fourth-order valence-corrected chi connectivity index (χ4v) is 2.57. The topological polar surface area (TPSA) is 123 Å². The number of ketones is 5. The molecular weight excluding hydrogens is 292 g/mol. The third kappa shape index (κ3) is 1.56. The van der Waals surface area contributed by atoms with Crippen LogP contribution in [0.25, 0.3) is 0 Å². The normalized spacial score (nSPS) is 20.9. The van der Waals surface area contributed by atoms with Crippen LogP contribution in [0.15, 0.2) is 35.4 Å². The maximum absolute atomic E-state index is 12.3. The Morgan fingerprint density at radius 2 is 1.27 bits per heavy atom. The van der Waals surface area contributed by atoms with Crippen molar-refractivity contribution in [3.05, 3.63) is 46.5 Å². The van der Waals surface area contributed by atoms with Gasteiger partial charge < -0.3 is 5.11 Å². The predicted octanol–water partition coefficient (Wildman–Crippen LogP) is -0.216. The van der Waals surface area contributed by atoms with Crippen LogP contribution in [0.4, 0.5) is 0 Å². The van der Waals surface area contributed by atoms with Gasteiger partial charge in [-0.1, -0.05) is 24.3 Å². The molecule has 0 radical (unpaired) electrons. The van der Waals surface area contributed by atoms with Crippen LogP contribution < -0.4 is 0 Å². The molecule has 2 aliphatic rings. The van der Waals surface area contributed by atoms with Crippen molar-refractivity contribution in [2.24, 2.45) is 5.92 Å². The average Bonchev–Trinajstić information content (AvgIpc) is 2.48.